The van der Waals surface area contributed by atoms with Crippen LogP contribution in [0.4, 0.5) is 17.6 Å². The zero-order valence-electron chi connectivity index (χ0n) is 9.47. The first kappa shape index (κ1) is 15.7. The van der Waals surface area contributed by atoms with Gasteiger partial charge in [-0.15, -0.1) is 11.6 Å². The maximum atomic E-state index is 13.0. The second kappa shape index (κ2) is 6.21. The second-order valence-electron chi connectivity index (χ2n) is 3.69. The maximum absolute atomic E-state index is 13.0. The Morgan fingerprint density at radius 3 is 2.58 bits per heavy atom. The summed E-state index contributed by atoms with van der Waals surface area (Å²) in [4.78, 5) is 10.8. The van der Waals surface area contributed by atoms with E-state index in [1.54, 1.807) is 0 Å². The number of hydrogen-bond donors (Lipinski definition) is 2. The van der Waals surface area contributed by atoms with Gasteiger partial charge in [-0.25, -0.2) is 4.39 Å². The maximum Gasteiger partial charge on any atom is 0.419 e. The summed E-state index contributed by atoms with van der Waals surface area (Å²) in [5.74, 6) is -2.32. The lowest BCUT2D eigenvalue weighted by Gasteiger charge is -2.14. The van der Waals surface area contributed by atoms with Gasteiger partial charge in [0.1, 0.15) is 11.7 Å². The molecule has 0 heterocycles. The van der Waals surface area contributed by atoms with Crippen LogP contribution in [0, 0.1) is 5.82 Å². The van der Waals surface area contributed by atoms with Crippen LogP contribution in [0.2, 0.25) is 0 Å². The number of amides is 1. The molecule has 0 saturated carbocycles. The molecule has 1 atom stereocenters. The number of hydrogen-bond acceptors (Lipinski definition) is 2. The van der Waals surface area contributed by atoms with Crippen LogP contribution in [0.1, 0.15) is 17.2 Å². The highest BCUT2D eigenvalue weighted by Gasteiger charge is 2.34. The fourth-order valence-electron chi connectivity index (χ4n) is 1.34. The van der Waals surface area contributed by atoms with Crippen molar-refractivity contribution >= 4 is 17.5 Å². The standard InChI is InChI=1S/C11H10ClF4NO2/c12-4-10(19)17-5-9(18)6-1-2-8(13)7(3-6)11(14,15)16/h1-3,9,18H,4-5H2,(H,17,19)/t9-/m1/s1. The molecule has 0 radical (unpaired) electrons. The van der Waals surface area contributed by atoms with Gasteiger partial charge in [0.25, 0.3) is 0 Å². The Labute approximate surface area is 111 Å². The van der Waals surface area contributed by atoms with Crippen LogP contribution in [0.15, 0.2) is 18.2 Å². The lowest BCUT2D eigenvalue weighted by Crippen LogP contribution is -2.29. The first-order valence-corrected chi connectivity index (χ1v) is 5.66. The third kappa shape index (κ3) is 4.36. The quantitative estimate of drug-likeness (QED) is 0.662. The molecular formula is C11H10ClF4NO2. The minimum absolute atomic E-state index is 0.149. The molecule has 0 aliphatic rings. The van der Waals surface area contributed by atoms with Gasteiger partial charge >= 0.3 is 6.18 Å². The van der Waals surface area contributed by atoms with Crippen LogP contribution in [0.25, 0.3) is 0 Å². The number of nitrogens with one attached hydrogen (secondary N) is 1. The average molecular weight is 300 g/mol. The summed E-state index contributed by atoms with van der Waals surface area (Å²) in [5.41, 5.74) is -1.61. The van der Waals surface area contributed by atoms with E-state index in [1.165, 1.54) is 0 Å². The van der Waals surface area contributed by atoms with Gasteiger partial charge in [-0.05, 0) is 17.7 Å². The van der Waals surface area contributed by atoms with Gasteiger partial charge in [-0.3, -0.25) is 4.79 Å². The Morgan fingerprint density at radius 2 is 2.05 bits per heavy atom. The monoisotopic (exact) mass is 299 g/mol. The number of aliphatic hydroxyl groups excluding tert-OH is 1. The number of benzene rings is 1. The van der Waals surface area contributed by atoms with Crippen molar-refractivity contribution in [3.05, 3.63) is 35.1 Å². The van der Waals surface area contributed by atoms with Crippen molar-refractivity contribution in [2.75, 3.05) is 12.4 Å². The van der Waals surface area contributed by atoms with Crippen molar-refractivity contribution < 1.29 is 27.5 Å². The molecule has 3 nitrogen and oxygen atoms in total. The number of alkyl halides is 4. The smallest absolute Gasteiger partial charge is 0.387 e. The number of halogens is 5. The number of aliphatic hydroxyl groups is 1. The van der Waals surface area contributed by atoms with Gasteiger partial charge in [-0.1, -0.05) is 6.07 Å². The van der Waals surface area contributed by atoms with Gasteiger partial charge < -0.3 is 10.4 Å². The zero-order chi connectivity index (χ0) is 14.6. The highest BCUT2D eigenvalue weighted by atomic mass is 35.5. The Hall–Kier alpha value is -1.34. The number of carbonyl (C=O) groups is 1. The molecule has 0 spiro atoms. The van der Waals surface area contributed by atoms with E-state index in [0.717, 1.165) is 6.07 Å². The van der Waals surface area contributed by atoms with Crippen molar-refractivity contribution in [3.63, 3.8) is 0 Å². The van der Waals surface area contributed by atoms with E-state index < -0.39 is 29.6 Å². The first-order valence-electron chi connectivity index (χ1n) is 5.13. The average Bonchev–Trinajstić information content (AvgIpc) is 2.34. The van der Waals surface area contributed by atoms with Gasteiger partial charge in [0.2, 0.25) is 5.91 Å². The predicted molar refractivity (Wildman–Crippen MR) is 60.1 cm³/mol. The summed E-state index contributed by atoms with van der Waals surface area (Å²) >= 11 is 5.20. The van der Waals surface area contributed by atoms with Gasteiger partial charge in [0.05, 0.1) is 11.7 Å². The molecule has 2 N–H and O–H groups in total. The van der Waals surface area contributed by atoms with E-state index in [4.69, 9.17) is 11.6 Å². The van der Waals surface area contributed by atoms with Crippen molar-refractivity contribution in [3.8, 4) is 0 Å². The van der Waals surface area contributed by atoms with E-state index in [1.807, 2.05) is 0 Å². The zero-order valence-corrected chi connectivity index (χ0v) is 10.2. The Morgan fingerprint density at radius 1 is 1.42 bits per heavy atom. The summed E-state index contributed by atoms with van der Waals surface area (Å²) in [6.45, 7) is -0.311. The molecule has 0 aliphatic heterocycles. The molecular weight excluding hydrogens is 290 g/mol. The van der Waals surface area contributed by atoms with E-state index in [0.29, 0.717) is 12.1 Å². The van der Waals surface area contributed by atoms with Gasteiger partial charge in [0.15, 0.2) is 0 Å². The molecule has 1 rings (SSSR count). The number of rotatable bonds is 4. The minimum atomic E-state index is -4.85. The van der Waals surface area contributed by atoms with E-state index in [-0.39, 0.29) is 18.0 Å². The summed E-state index contributed by atoms with van der Waals surface area (Å²) < 4.78 is 50.4. The van der Waals surface area contributed by atoms with E-state index in [9.17, 15) is 27.5 Å². The highest BCUT2D eigenvalue weighted by Crippen LogP contribution is 2.32. The molecule has 1 amide bonds. The Bertz CT molecular complexity index is 464. The van der Waals surface area contributed by atoms with Crippen LogP contribution in [0.5, 0.6) is 0 Å². The molecule has 0 unspecified atom stereocenters. The SMILES string of the molecule is O=C(CCl)NC[C@@H](O)c1ccc(F)c(C(F)(F)F)c1. The summed E-state index contributed by atoms with van der Waals surface area (Å²) in [6.07, 6.45) is -6.23. The fourth-order valence-corrected chi connectivity index (χ4v) is 1.44. The van der Waals surface area contributed by atoms with Crippen LogP contribution in [-0.4, -0.2) is 23.4 Å². The fraction of sp³-hybridized carbons (Fsp3) is 0.364. The van der Waals surface area contributed by atoms with Crippen LogP contribution in [-0.2, 0) is 11.0 Å². The molecule has 19 heavy (non-hydrogen) atoms. The van der Waals surface area contributed by atoms with Crippen LogP contribution < -0.4 is 5.32 Å². The molecule has 0 saturated heterocycles. The van der Waals surface area contributed by atoms with Crippen molar-refractivity contribution in [2.45, 2.75) is 12.3 Å². The van der Waals surface area contributed by atoms with Crippen molar-refractivity contribution in [1.82, 2.24) is 5.32 Å². The molecule has 0 aromatic heterocycles. The normalized spacial score (nSPS) is 13.2. The minimum Gasteiger partial charge on any atom is -0.387 e. The lowest BCUT2D eigenvalue weighted by molar-refractivity contribution is -0.140. The molecule has 106 valence electrons. The van der Waals surface area contributed by atoms with Crippen LogP contribution >= 0.6 is 11.6 Å². The summed E-state index contributed by atoms with van der Waals surface area (Å²) in [5, 5.41) is 11.8. The number of carbonyl (C=O) groups excluding carboxylic acids is 1. The lowest BCUT2D eigenvalue weighted by atomic mass is 10.1. The third-order valence-electron chi connectivity index (χ3n) is 2.29. The largest absolute Gasteiger partial charge is 0.419 e. The molecule has 8 heteroatoms. The first-order chi connectivity index (χ1) is 8.75. The van der Waals surface area contributed by atoms with E-state index in [2.05, 4.69) is 5.32 Å². The Balaban J connectivity index is 2.87. The van der Waals surface area contributed by atoms with Crippen molar-refractivity contribution in [1.29, 1.82) is 0 Å². The van der Waals surface area contributed by atoms with Gasteiger partial charge in [0, 0.05) is 6.54 Å². The molecule has 0 fully saturated rings. The van der Waals surface area contributed by atoms with Gasteiger partial charge in [-0.2, -0.15) is 13.2 Å². The van der Waals surface area contributed by atoms with E-state index >= 15 is 0 Å². The highest BCUT2D eigenvalue weighted by molar-refractivity contribution is 6.27. The van der Waals surface area contributed by atoms with Crippen LogP contribution in [0.3, 0.4) is 0 Å². The van der Waals surface area contributed by atoms with Crippen molar-refractivity contribution in [2.24, 2.45) is 0 Å². The predicted octanol–water partition coefficient (Wildman–Crippen LogP) is 2.23. The molecule has 1 aromatic carbocycles. The summed E-state index contributed by atoms with van der Waals surface area (Å²) in [6, 6.07) is 2.14. The Kier molecular flexibility index (Phi) is 5.13. The topological polar surface area (TPSA) is 49.3 Å². The molecule has 1 aromatic rings. The molecule has 0 bridgehead atoms. The second-order valence-corrected chi connectivity index (χ2v) is 3.96. The summed E-state index contributed by atoms with van der Waals surface area (Å²) in [7, 11) is 0. The molecule has 0 aliphatic carbocycles. The third-order valence-corrected chi connectivity index (χ3v) is 2.54.